The molecule has 1 aromatic heterocycles. The average Bonchev–Trinajstić information content (AvgIpc) is 2.85. The molecule has 6 nitrogen and oxygen atoms in total. The van der Waals surface area contributed by atoms with E-state index in [4.69, 9.17) is 0 Å². The van der Waals surface area contributed by atoms with Crippen molar-refractivity contribution in [3.8, 4) is 11.3 Å². The largest absolute Gasteiger partial charge is 0.384 e. The molecule has 0 aliphatic carbocycles. The SMILES string of the molecule is CC(O)(Cc1ccccc1)C(=O)Nc1cc(-c2ccc(C(O)c3ccccc3)cc2)ncn1. The first-order valence-corrected chi connectivity index (χ1v) is 10.7. The number of anilines is 1. The molecular weight excluding hydrogens is 414 g/mol. The normalized spacial score (nSPS) is 13.7. The molecule has 4 rings (SSSR count). The second-order valence-corrected chi connectivity index (χ2v) is 8.11. The summed E-state index contributed by atoms with van der Waals surface area (Å²) < 4.78 is 0. The van der Waals surface area contributed by atoms with Crippen LogP contribution in [0, 0.1) is 0 Å². The summed E-state index contributed by atoms with van der Waals surface area (Å²) in [5.74, 6) is -0.246. The molecule has 0 bridgehead atoms. The van der Waals surface area contributed by atoms with E-state index in [0.717, 1.165) is 22.3 Å². The molecule has 166 valence electrons. The monoisotopic (exact) mass is 439 g/mol. The van der Waals surface area contributed by atoms with Crippen LogP contribution >= 0.6 is 0 Å². The summed E-state index contributed by atoms with van der Waals surface area (Å²) in [5.41, 5.74) is 2.28. The van der Waals surface area contributed by atoms with E-state index in [9.17, 15) is 15.0 Å². The molecule has 2 atom stereocenters. The number of hydrogen-bond acceptors (Lipinski definition) is 5. The number of rotatable bonds is 7. The highest BCUT2D eigenvalue weighted by atomic mass is 16.3. The molecule has 0 saturated carbocycles. The number of carbonyl (C=O) groups excluding carboxylic acids is 1. The van der Waals surface area contributed by atoms with Gasteiger partial charge in [0.05, 0.1) is 5.69 Å². The van der Waals surface area contributed by atoms with Crippen LogP contribution in [-0.2, 0) is 11.2 Å². The van der Waals surface area contributed by atoms with Gasteiger partial charge >= 0.3 is 0 Å². The first-order chi connectivity index (χ1) is 15.9. The van der Waals surface area contributed by atoms with Crippen molar-refractivity contribution in [1.82, 2.24) is 9.97 Å². The van der Waals surface area contributed by atoms with E-state index in [1.54, 1.807) is 6.07 Å². The molecular formula is C27H25N3O3. The molecule has 1 heterocycles. The van der Waals surface area contributed by atoms with Crippen LogP contribution in [0.25, 0.3) is 11.3 Å². The molecule has 0 aliphatic heterocycles. The molecule has 0 aliphatic rings. The molecule has 0 radical (unpaired) electrons. The van der Waals surface area contributed by atoms with Crippen LogP contribution < -0.4 is 5.32 Å². The Morgan fingerprint density at radius 3 is 2.18 bits per heavy atom. The van der Waals surface area contributed by atoms with Crippen LogP contribution in [0.15, 0.2) is 97.3 Å². The van der Waals surface area contributed by atoms with Crippen LogP contribution in [0.5, 0.6) is 0 Å². The number of carbonyl (C=O) groups is 1. The maximum atomic E-state index is 12.7. The van der Waals surface area contributed by atoms with E-state index in [1.165, 1.54) is 13.3 Å². The van der Waals surface area contributed by atoms with E-state index in [1.807, 2.05) is 84.9 Å². The summed E-state index contributed by atoms with van der Waals surface area (Å²) in [6, 6.07) is 27.9. The molecule has 33 heavy (non-hydrogen) atoms. The van der Waals surface area contributed by atoms with Gasteiger partial charge in [-0.2, -0.15) is 0 Å². The third-order valence-corrected chi connectivity index (χ3v) is 5.43. The molecule has 4 aromatic rings. The van der Waals surface area contributed by atoms with Gasteiger partial charge in [0.15, 0.2) is 0 Å². The highest BCUT2D eigenvalue weighted by Crippen LogP contribution is 2.25. The lowest BCUT2D eigenvalue weighted by molar-refractivity contribution is -0.132. The lowest BCUT2D eigenvalue weighted by Crippen LogP contribution is -2.42. The number of nitrogens with zero attached hydrogens (tertiary/aromatic N) is 2. The number of aromatic nitrogens is 2. The standard InChI is InChI=1S/C27H25N3O3/c1-27(33,17-19-8-4-2-5-9-19)26(32)30-24-16-23(28-18-29-24)20-12-14-22(15-13-20)25(31)21-10-6-3-7-11-21/h2-16,18,25,31,33H,17H2,1H3,(H,28,29,30,32). The van der Waals surface area contributed by atoms with Gasteiger partial charge in [0.1, 0.15) is 23.9 Å². The third kappa shape index (κ3) is 5.49. The first kappa shape index (κ1) is 22.3. The third-order valence-electron chi connectivity index (χ3n) is 5.43. The van der Waals surface area contributed by atoms with Gasteiger partial charge in [-0.25, -0.2) is 9.97 Å². The summed E-state index contributed by atoms with van der Waals surface area (Å²) in [4.78, 5) is 21.1. The van der Waals surface area contributed by atoms with E-state index in [0.29, 0.717) is 11.5 Å². The van der Waals surface area contributed by atoms with E-state index < -0.39 is 17.6 Å². The molecule has 1 amide bonds. The molecule has 3 aromatic carbocycles. The summed E-state index contributed by atoms with van der Waals surface area (Å²) in [6.07, 6.45) is 0.833. The van der Waals surface area contributed by atoms with Crippen LogP contribution in [0.3, 0.4) is 0 Å². The molecule has 3 N–H and O–H groups in total. The molecule has 0 fully saturated rings. The van der Waals surface area contributed by atoms with Crippen molar-refractivity contribution in [3.63, 3.8) is 0 Å². The van der Waals surface area contributed by atoms with Crippen molar-refractivity contribution in [1.29, 1.82) is 0 Å². The fourth-order valence-electron chi connectivity index (χ4n) is 3.57. The van der Waals surface area contributed by atoms with E-state index in [2.05, 4.69) is 15.3 Å². The van der Waals surface area contributed by atoms with Gasteiger partial charge in [0.2, 0.25) is 0 Å². The molecule has 0 saturated heterocycles. The molecule has 2 unspecified atom stereocenters. The summed E-state index contributed by atoms with van der Waals surface area (Å²) in [7, 11) is 0. The average molecular weight is 440 g/mol. The minimum Gasteiger partial charge on any atom is -0.384 e. The quantitative estimate of drug-likeness (QED) is 0.402. The number of aliphatic hydroxyl groups excluding tert-OH is 1. The maximum Gasteiger partial charge on any atom is 0.257 e. The van der Waals surface area contributed by atoms with Crippen molar-refractivity contribution in [2.24, 2.45) is 0 Å². The van der Waals surface area contributed by atoms with Crippen LogP contribution in [-0.4, -0.2) is 31.7 Å². The Morgan fingerprint density at radius 1 is 0.909 bits per heavy atom. The number of hydrogen-bond donors (Lipinski definition) is 3. The Bertz CT molecular complexity index is 1210. The van der Waals surface area contributed by atoms with E-state index >= 15 is 0 Å². The molecule has 6 heteroatoms. The second kappa shape index (κ2) is 9.73. The zero-order valence-corrected chi connectivity index (χ0v) is 18.2. The number of amides is 1. The minimum atomic E-state index is -1.60. The zero-order chi connectivity index (χ0) is 23.3. The van der Waals surface area contributed by atoms with Crippen molar-refractivity contribution in [2.45, 2.75) is 25.0 Å². The van der Waals surface area contributed by atoms with Crippen LogP contribution in [0.2, 0.25) is 0 Å². The van der Waals surface area contributed by atoms with Crippen molar-refractivity contribution < 1.29 is 15.0 Å². The van der Waals surface area contributed by atoms with Gasteiger partial charge in [-0.15, -0.1) is 0 Å². The van der Waals surface area contributed by atoms with Crippen LogP contribution in [0.1, 0.15) is 29.7 Å². The van der Waals surface area contributed by atoms with Gasteiger partial charge < -0.3 is 15.5 Å². The highest BCUT2D eigenvalue weighted by Gasteiger charge is 2.31. The van der Waals surface area contributed by atoms with Crippen molar-refractivity contribution in [3.05, 3.63) is 114 Å². The Hall–Kier alpha value is -3.87. The first-order valence-electron chi connectivity index (χ1n) is 10.7. The predicted molar refractivity (Wildman–Crippen MR) is 127 cm³/mol. The summed E-state index contributed by atoms with van der Waals surface area (Å²) in [6.45, 7) is 1.48. The lowest BCUT2D eigenvalue weighted by atomic mass is 9.95. The Labute approximate surface area is 192 Å². The number of benzene rings is 3. The van der Waals surface area contributed by atoms with Gasteiger partial charge in [-0.1, -0.05) is 84.9 Å². The maximum absolute atomic E-state index is 12.7. The van der Waals surface area contributed by atoms with Crippen LogP contribution in [0.4, 0.5) is 5.82 Å². The highest BCUT2D eigenvalue weighted by molar-refractivity contribution is 5.96. The number of aliphatic hydroxyl groups is 2. The lowest BCUT2D eigenvalue weighted by Gasteiger charge is -2.22. The van der Waals surface area contributed by atoms with Gasteiger partial charge in [0, 0.05) is 18.1 Å². The van der Waals surface area contributed by atoms with Gasteiger partial charge in [-0.3, -0.25) is 4.79 Å². The van der Waals surface area contributed by atoms with Gasteiger partial charge in [0.25, 0.3) is 5.91 Å². The minimum absolute atomic E-state index is 0.183. The smallest absolute Gasteiger partial charge is 0.257 e. The Kier molecular flexibility index (Phi) is 6.58. The number of nitrogens with one attached hydrogen (secondary N) is 1. The predicted octanol–water partition coefficient (Wildman–Crippen LogP) is 4.16. The molecule has 0 spiro atoms. The summed E-state index contributed by atoms with van der Waals surface area (Å²) in [5, 5.41) is 23.9. The van der Waals surface area contributed by atoms with Crippen molar-refractivity contribution >= 4 is 11.7 Å². The Balaban J connectivity index is 1.47. The topological polar surface area (TPSA) is 95.3 Å². The van der Waals surface area contributed by atoms with Gasteiger partial charge in [-0.05, 0) is 23.6 Å². The zero-order valence-electron chi connectivity index (χ0n) is 18.2. The fourth-order valence-corrected chi connectivity index (χ4v) is 3.57. The fraction of sp³-hybridized carbons (Fsp3) is 0.148. The Morgan fingerprint density at radius 2 is 1.52 bits per heavy atom. The van der Waals surface area contributed by atoms with E-state index in [-0.39, 0.29) is 6.42 Å². The van der Waals surface area contributed by atoms with Crippen molar-refractivity contribution in [2.75, 3.05) is 5.32 Å². The second-order valence-electron chi connectivity index (χ2n) is 8.11. The summed E-state index contributed by atoms with van der Waals surface area (Å²) >= 11 is 0.